The molecule has 1 aromatic carbocycles. The van der Waals surface area contributed by atoms with Crippen molar-refractivity contribution in [2.75, 3.05) is 0 Å². The summed E-state index contributed by atoms with van der Waals surface area (Å²) in [7, 11) is 0. The smallest absolute Gasteiger partial charge is 0.273 e. The normalized spacial score (nSPS) is 9.86. The fourth-order valence-corrected chi connectivity index (χ4v) is 1.94. The number of hydrogen-bond donors (Lipinski definition) is 1. The van der Waals surface area contributed by atoms with E-state index in [0.29, 0.717) is 9.13 Å². The van der Waals surface area contributed by atoms with E-state index in [4.69, 9.17) is 5.73 Å². The number of halogens is 1. The summed E-state index contributed by atoms with van der Waals surface area (Å²) in [6, 6.07) is 2.78. The second-order valence-corrected chi connectivity index (χ2v) is 3.90. The van der Waals surface area contributed by atoms with Gasteiger partial charge in [0.15, 0.2) is 0 Å². The van der Waals surface area contributed by atoms with Crippen molar-refractivity contribution >= 4 is 34.2 Å². The first kappa shape index (κ1) is 10.9. The van der Waals surface area contributed by atoms with Crippen LogP contribution in [0.5, 0.6) is 0 Å². The third kappa shape index (κ3) is 2.00. The Balaban J connectivity index is 3.42. The molecule has 0 heterocycles. The Bertz CT molecular complexity index is 382. The number of nitrogens with zero attached hydrogens (tertiary/aromatic N) is 1. The van der Waals surface area contributed by atoms with Crippen LogP contribution in [-0.4, -0.2) is 10.8 Å². The number of nitro benzene ring substituents is 1. The van der Waals surface area contributed by atoms with Gasteiger partial charge in [-0.3, -0.25) is 14.9 Å². The minimum absolute atomic E-state index is 0.0841. The highest BCUT2D eigenvalue weighted by Crippen LogP contribution is 2.23. The van der Waals surface area contributed by atoms with Gasteiger partial charge in [0.1, 0.15) is 0 Å². The molecule has 1 aromatic rings. The maximum absolute atomic E-state index is 10.9. The first-order valence-corrected chi connectivity index (χ1v) is 4.75. The van der Waals surface area contributed by atoms with E-state index in [-0.39, 0.29) is 11.3 Å². The molecule has 0 unspecified atom stereocenters. The number of carbonyl (C=O) groups is 1. The largest absolute Gasteiger partial charge is 0.366 e. The summed E-state index contributed by atoms with van der Waals surface area (Å²) >= 11 is 1.92. The molecule has 0 spiro atoms. The Morgan fingerprint density at radius 2 is 2.14 bits per heavy atom. The van der Waals surface area contributed by atoms with Crippen LogP contribution in [0.4, 0.5) is 5.69 Å². The van der Waals surface area contributed by atoms with Crippen LogP contribution in [0.15, 0.2) is 12.1 Å². The van der Waals surface area contributed by atoms with Gasteiger partial charge in [-0.25, -0.2) is 0 Å². The molecule has 1 amide bonds. The minimum Gasteiger partial charge on any atom is -0.366 e. The molecule has 0 aliphatic heterocycles. The quantitative estimate of drug-likeness (QED) is 0.511. The van der Waals surface area contributed by atoms with Crippen molar-refractivity contribution in [1.82, 2.24) is 0 Å². The van der Waals surface area contributed by atoms with E-state index in [1.54, 1.807) is 13.0 Å². The van der Waals surface area contributed by atoms with Crippen molar-refractivity contribution in [2.45, 2.75) is 6.92 Å². The van der Waals surface area contributed by atoms with Crippen LogP contribution in [-0.2, 0) is 0 Å². The zero-order valence-corrected chi connectivity index (χ0v) is 9.44. The highest BCUT2D eigenvalue weighted by atomic mass is 127. The third-order valence-electron chi connectivity index (χ3n) is 1.75. The van der Waals surface area contributed by atoms with Gasteiger partial charge in [0, 0.05) is 15.2 Å². The van der Waals surface area contributed by atoms with Gasteiger partial charge in [-0.2, -0.15) is 0 Å². The van der Waals surface area contributed by atoms with Crippen LogP contribution < -0.4 is 5.73 Å². The SMILES string of the molecule is Cc1cc(I)c(C(N)=O)cc1[N+](=O)[O-]. The second-order valence-electron chi connectivity index (χ2n) is 2.74. The van der Waals surface area contributed by atoms with E-state index in [2.05, 4.69) is 0 Å². The summed E-state index contributed by atoms with van der Waals surface area (Å²) in [5.41, 5.74) is 5.68. The lowest BCUT2D eigenvalue weighted by molar-refractivity contribution is -0.385. The molecule has 1 rings (SSSR count). The molecule has 0 saturated carbocycles. The van der Waals surface area contributed by atoms with E-state index in [0.717, 1.165) is 0 Å². The monoisotopic (exact) mass is 306 g/mol. The molecule has 0 aromatic heterocycles. The lowest BCUT2D eigenvalue weighted by Crippen LogP contribution is -2.13. The molecule has 0 atom stereocenters. The van der Waals surface area contributed by atoms with E-state index in [9.17, 15) is 14.9 Å². The standard InChI is InChI=1S/C8H7IN2O3/c1-4-2-6(9)5(8(10)12)3-7(4)11(13)14/h2-3H,1H3,(H2,10,12). The van der Waals surface area contributed by atoms with Crippen LogP contribution in [0.25, 0.3) is 0 Å². The summed E-state index contributed by atoms with van der Waals surface area (Å²) in [4.78, 5) is 20.9. The zero-order chi connectivity index (χ0) is 10.9. The lowest BCUT2D eigenvalue weighted by Gasteiger charge is -2.02. The number of primary amides is 1. The van der Waals surface area contributed by atoms with Gasteiger partial charge in [-0.1, -0.05) is 0 Å². The maximum Gasteiger partial charge on any atom is 0.273 e. The van der Waals surface area contributed by atoms with E-state index in [1.165, 1.54) is 6.07 Å². The van der Waals surface area contributed by atoms with Crippen LogP contribution in [0.2, 0.25) is 0 Å². The number of hydrogen-bond acceptors (Lipinski definition) is 3. The van der Waals surface area contributed by atoms with Crippen LogP contribution in [0.3, 0.4) is 0 Å². The fourth-order valence-electron chi connectivity index (χ4n) is 1.05. The molecule has 5 nitrogen and oxygen atoms in total. The Kier molecular flexibility index (Phi) is 3.04. The minimum atomic E-state index is -0.655. The van der Waals surface area contributed by atoms with Crippen molar-refractivity contribution in [2.24, 2.45) is 5.73 Å². The molecule has 6 heteroatoms. The lowest BCUT2D eigenvalue weighted by atomic mass is 10.1. The Morgan fingerprint density at radius 3 is 2.57 bits per heavy atom. The summed E-state index contributed by atoms with van der Waals surface area (Å²) in [6.45, 7) is 1.62. The molecule has 74 valence electrons. The third-order valence-corrected chi connectivity index (χ3v) is 2.64. The van der Waals surface area contributed by atoms with Crippen molar-refractivity contribution in [3.63, 3.8) is 0 Å². The number of nitro groups is 1. The van der Waals surface area contributed by atoms with Gasteiger partial charge < -0.3 is 5.73 Å². The topological polar surface area (TPSA) is 86.2 Å². The first-order valence-electron chi connectivity index (χ1n) is 3.68. The predicted molar refractivity (Wildman–Crippen MR) is 59.1 cm³/mol. The molecule has 2 N–H and O–H groups in total. The van der Waals surface area contributed by atoms with Crippen molar-refractivity contribution < 1.29 is 9.72 Å². The highest BCUT2D eigenvalue weighted by Gasteiger charge is 2.16. The maximum atomic E-state index is 10.9. The van der Waals surface area contributed by atoms with Gasteiger partial charge in [-0.05, 0) is 35.6 Å². The highest BCUT2D eigenvalue weighted by molar-refractivity contribution is 14.1. The molecular formula is C8H7IN2O3. The Morgan fingerprint density at radius 1 is 1.57 bits per heavy atom. The van der Waals surface area contributed by atoms with Gasteiger partial charge in [0.2, 0.25) is 5.91 Å². The second kappa shape index (κ2) is 3.91. The van der Waals surface area contributed by atoms with E-state index < -0.39 is 10.8 Å². The van der Waals surface area contributed by atoms with Crippen LogP contribution in [0, 0.1) is 20.6 Å². The predicted octanol–water partition coefficient (Wildman–Crippen LogP) is 1.61. The van der Waals surface area contributed by atoms with Gasteiger partial charge in [0.05, 0.1) is 10.5 Å². The number of nitrogens with two attached hydrogens (primary N) is 1. The molecule has 14 heavy (non-hydrogen) atoms. The molecular weight excluding hydrogens is 299 g/mol. The number of benzene rings is 1. The van der Waals surface area contributed by atoms with Crippen molar-refractivity contribution in [1.29, 1.82) is 0 Å². The van der Waals surface area contributed by atoms with Crippen molar-refractivity contribution in [3.05, 3.63) is 36.9 Å². The van der Waals surface area contributed by atoms with Crippen LogP contribution in [0.1, 0.15) is 15.9 Å². The fraction of sp³-hybridized carbons (Fsp3) is 0.125. The van der Waals surface area contributed by atoms with Gasteiger partial charge >= 0.3 is 0 Å². The average molecular weight is 306 g/mol. The van der Waals surface area contributed by atoms with Gasteiger partial charge in [0.25, 0.3) is 5.69 Å². The van der Waals surface area contributed by atoms with Crippen molar-refractivity contribution in [3.8, 4) is 0 Å². The summed E-state index contributed by atoms with van der Waals surface area (Å²) < 4.78 is 0.623. The summed E-state index contributed by atoms with van der Waals surface area (Å²) in [5.74, 6) is -0.655. The zero-order valence-electron chi connectivity index (χ0n) is 7.28. The summed E-state index contributed by atoms with van der Waals surface area (Å²) in [6.07, 6.45) is 0. The molecule has 0 aliphatic rings. The number of amides is 1. The summed E-state index contributed by atoms with van der Waals surface area (Å²) in [5, 5.41) is 10.6. The molecule has 0 radical (unpaired) electrons. The molecule has 0 aliphatic carbocycles. The Hall–Kier alpha value is -1.18. The molecule has 0 bridgehead atoms. The van der Waals surface area contributed by atoms with Crippen LogP contribution >= 0.6 is 22.6 Å². The Labute approximate surface area is 93.6 Å². The molecule has 0 fully saturated rings. The first-order chi connectivity index (χ1) is 6.43. The average Bonchev–Trinajstić information content (AvgIpc) is 2.02. The number of rotatable bonds is 2. The number of aryl methyl sites for hydroxylation is 1. The van der Waals surface area contributed by atoms with E-state index in [1.807, 2.05) is 22.6 Å². The number of carbonyl (C=O) groups excluding carboxylic acids is 1. The molecule has 0 saturated heterocycles. The van der Waals surface area contributed by atoms with Gasteiger partial charge in [-0.15, -0.1) is 0 Å². The van der Waals surface area contributed by atoms with E-state index >= 15 is 0 Å².